The number of carbonyl (C=O) groups is 2. The van der Waals surface area contributed by atoms with Gasteiger partial charge in [-0.15, -0.1) is 0 Å². The zero-order chi connectivity index (χ0) is 22.8. The van der Waals surface area contributed by atoms with Crippen LogP contribution in [0.25, 0.3) is 0 Å². The molecule has 3 aliphatic rings. The number of nitrogens with one attached hydrogen (secondary N) is 1. The van der Waals surface area contributed by atoms with Crippen LogP contribution in [0.5, 0.6) is 11.5 Å². The Bertz CT molecular complexity index is 1230. The molecule has 2 aromatic rings. The average molecular weight is 433 g/mol. The number of pyridine rings is 1. The Labute approximate surface area is 184 Å². The highest BCUT2D eigenvalue weighted by molar-refractivity contribution is 6.14. The van der Waals surface area contributed by atoms with Gasteiger partial charge in [-0.1, -0.05) is 38.1 Å². The Balaban J connectivity index is 1.71. The van der Waals surface area contributed by atoms with Gasteiger partial charge in [0.25, 0.3) is 11.7 Å². The Morgan fingerprint density at radius 2 is 2.12 bits per heavy atom. The average Bonchev–Trinajstić information content (AvgIpc) is 3.11. The minimum absolute atomic E-state index is 0.184. The molecule has 0 bridgehead atoms. The molecule has 5 N–H and O–H groups in total. The lowest BCUT2D eigenvalue weighted by Gasteiger charge is -2.35. The third-order valence-electron chi connectivity index (χ3n) is 6.43. The van der Waals surface area contributed by atoms with Crippen LogP contribution in [0.1, 0.15) is 47.8 Å². The quantitative estimate of drug-likeness (QED) is 0.580. The number of rotatable bonds is 3. The summed E-state index contributed by atoms with van der Waals surface area (Å²) in [4.78, 5) is 31.0. The van der Waals surface area contributed by atoms with E-state index in [-0.39, 0.29) is 28.5 Å². The van der Waals surface area contributed by atoms with Crippen molar-refractivity contribution in [2.45, 2.75) is 43.6 Å². The number of hydrogen-bond acceptors (Lipinski definition) is 7. The van der Waals surface area contributed by atoms with Crippen molar-refractivity contribution in [3.05, 3.63) is 76.6 Å². The van der Waals surface area contributed by atoms with Gasteiger partial charge in [0.1, 0.15) is 11.5 Å². The maximum Gasteiger partial charge on any atom is 0.274 e. The van der Waals surface area contributed by atoms with E-state index in [0.717, 1.165) is 5.56 Å². The van der Waals surface area contributed by atoms with E-state index in [4.69, 9.17) is 10.5 Å². The summed E-state index contributed by atoms with van der Waals surface area (Å²) in [6.07, 6.45) is 5.16. The highest BCUT2D eigenvalue weighted by Gasteiger charge is 2.72. The first-order valence-electron chi connectivity index (χ1n) is 10.4. The maximum atomic E-state index is 13.9. The molecule has 1 aromatic heterocycles. The van der Waals surface area contributed by atoms with E-state index in [2.05, 4.69) is 10.3 Å². The minimum Gasteiger partial charge on any atom is -0.505 e. The summed E-state index contributed by atoms with van der Waals surface area (Å²) in [6.45, 7) is 4.03. The van der Waals surface area contributed by atoms with E-state index in [9.17, 15) is 19.8 Å². The molecule has 0 fully saturated rings. The second-order valence-corrected chi connectivity index (χ2v) is 8.63. The number of Topliss-reactive ketones (excluding diaryl/α,β-unsaturated/α-hetero) is 1. The smallest absolute Gasteiger partial charge is 0.274 e. The van der Waals surface area contributed by atoms with Gasteiger partial charge in [-0.3, -0.25) is 9.59 Å². The van der Waals surface area contributed by atoms with Crippen LogP contribution >= 0.6 is 0 Å². The van der Waals surface area contributed by atoms with Gasteiger partial charge in [0.2, 0.25) is 5.54 Å². The number of ether oxygens (including phenoxy) is 1. The molecule has 8 nitrogen and oxygen atoms in total. The molecule has 3 atom stereocenters. The molecule has 1 amide bonds. The molecule has 0 radical (unpaired) electrons. The van der Waals surface area contributed by atoms with Crippen molar-refractivity contribution in [2.75, 3.05) is 0 Å². The zero-order valence-electron chi connectivity index (χ0n) is 17.6. The summed E-state index contributed by atoms with van der Waals surface area (Å²) in [5.74, 6) is -3.41. The summed E-state index contributed by atoms with van der Waals surface area (Å²) in [5, 5.41) is 24.7. The van der Waals surface area contributed by atoms with Crippen LogP contribution in [0, 0.1) is 0 Å². The SMILES string of the molecule is CC(C)c1ccc2c(c1)OC1(O)C3=C(C(=O)C21NC(=O)c1ncccc1O)C(N)CC=C3. The van der Waals surface area contributed by atoms with Gasteiger partial charge in [0, 0.05) is 28.9 Å². The lowest BCUT2D eigenvalue weighted by atomic mass is 9.81. The Hall–Kier alpha value is -3.49. The normalized spacial score (nSPS) is 27.8. The van der Waals surface area contributed by atoms with Crippen molar-refractivity contribution in [1.29, 1.82) is 0 Å². The molecular weight excluding hydrogens is 410 g/mol. The van der Waals surface area contributed by atoms with Crippen LogP contribution in [0.3, 0.4) is 0 Å². The van der Waals surface area contributed by atoms with Gasteiger partial charge in [0.05, 0.1) is 0 Å². The summed E-state index contributed by atoms with van der Waals surface area (Å²) < 4.78 is 6.04. The van der Waals surface area contributed by atoms with Crippen LogP contribution in [-0.2, 0) is 10.3 Å². The number of ketones is 1. The summed E-state index contributed by atoms with van der Waals surface area (Å²) >= 11 is 0. The van der Waals surface area contributed by atoms with Crippen molar-refractivity contribution < 1.29 is 24.5 Å². The molecule has 1 aliphatic heterocycles. The van der Waals surface area contributed by atoms with Crippen LogP contribution in [-0.4, -0.2) is 38.7 Å². The molecule has 0 saturated heterocycles. The molecule has 0 saturated carbocycles. The summed E-state index contributed by atoms with van der Waals surface area (Å²) in [7, 11) is 0. The highest BCUT2D eigenvalue weighted by atomic mass is 16.6. The van der Waals surface area contributed by atoms with Gasteiger partial charge in [-0.2, -0.15) is 0 Å². The first-order chi connectivity index (χ1) is 15.2. The molecule has 2 heterocycles. The number of amides is 1. The summed E-state index contributed by atoms with van der Waals surface area (Å²) in [5.41, 5.74) is 5.72. The standard InChI is InChI=1S/C24H23N3O5/c1-12(2)13-8-9-14-18(11-13)32-24(31)15-5-3-6-16(25)19(15)21(29)23(14,24)27-22(30)20-17(28)7-4-10-26-20/h3-5,7-12,16,28,31H,6,25H2,1-2H3,(H,27,30). The number of carbonyl (C=O) groups excluding carboxylic acids is 2. The van der Waals surface area contributed by atoms with Crippen molar-refractivity contribution in [1.82, 2.24) is 10.3 Å². The van der Waals surface area contributed by atoms with Crippen LogP contribution in [0.2, 0.25) is 0 Å². The van der Waals surface area contributed by atoms with Crippen molar-refractivity contribution in [2.24, 2.45) is 5.73 Å². The second-order valence-electron chi connectivity index (χ2n) is 8.63. The summed E-state index contributed by atoms with van der Waals surface area (Å²) in [6, 6.07) is 7.45. The number of nitrogens with two attached hydrogens (primary N) is 1. The molecule has 164 valence electrons. The number of benzene rings is 1. The Kier molecular flexibility index (Phi) is 4.31. The molecule has 3 unspecified atom stereocenters. The van der Waals surface area contributed by atoms with Gasteiger partial charge in [-0.25, -0.2) is 4.98 Å². The zero-order valence-corrected chi connectivity index (χ0v) is 17.6. The van der Waals surface area contributed by atoms with E-state index in [1.807, 2.05) is 19.9 Å². The van der Waals surface area contributed by atoms with Crippen molar-refractivity contribution in [3.63, 3.8) is 0 Å². The van der Waals surface area contributed by atoms with Gasteiger partial charge >= 0.3 is 0 Å². The highest BCUT2D eigenvalue weighted by Crippen LogP contribution is 2.57. The van der Waals surface area contributed by atoms with E-state index in [1.54, 1.807) is 24.3 Å². The minimum atomic E-state index is -2.19. The fourth-order valence-electron chi connectivity index (χ4n) is 4.78. The fourth-order valence-corrected chi connectivity index (χ4v) is 4.78. The predicted octanol–water partition coefficient (Wildman–Crippen LogP) is 1.78. The van der Waals surface area contributed by atoms with Crippen LogP contribution in [0.15, 0.2) is 59.8 Å². The van der Waals surface area contributed by atoms with Gasteiger partial charge in [0.15, 0.2) is 11.5 Å². The Morgan fingerprint density at radius 3 is 2.84 bits per heavy atom. The third-order valence-corrected chi connectivity index (χ3v) is 6.43. The van der Waals surface area contributed by atoms with E-state index in [1.165, 1.54) is 18.3 Å². The van der Waals surface area contributed by atoms with Crippen molar-refractivity contribution >= 4 is 11.7 Å². The third kappa shape index (κ3) is 2.47. The molecule has 8 heteroatoms. The number of aliphatic hydroxyl groups is 1. The number of hydrogen-bond donors (Lipinski definition) is 4. The molecule has 1 aromatic carbocycles. The first-order valence-corrected chi connectivity index (χ1v) is 10.4. The lowest BCUT2D eigenvalue weighted by Crippen LogP contribution is -2.63. The molecule has 5 rings (SSSR count). The largest absolute Gasteiger partial charge is 0.505 e. The van der Waals surface area contributed by atoms with Gasteiger partial charge < -0.3 is 26.0 Å². The Morgan fingerprint density at radius 1 is 1.34 bits per heavy atom. The number of nitrogens with zero attached hydrogens (tertiary/aromatic N) is 1. The van der Waals surface area contributed by atoms with E-state index >= 15 is 0 Å². The topological polar surface area (TPSA) is 135 Å². The van der Waals surface area contributed by atoms with Crippen LogP contribution in [0.4, 0.5) is 0 Å². The fraction of sp³-hybridized carbons (Fsp3) is 0.292. The molecule has 0 spiro atoms. The molecule has 2 aliphatic carbocycles. The van der Waals surface area contributed by atoms with Crippen LogP contribution < -0.4 is 15.8 Å². The monoisotopic (exact) mass is 433 g/mol. The van der Waals surface area contributed by atoms with Crippen molar-refractivity contribution in [3.8, 4) is 11.5 Å². The number of fused-ring (bicyclic) bond motifs is 4. The number of aromatic nitrogens is 1. The first kappa shape index (κ1) is 20.4. The van der Waals surface area contributed by atoms with Gasteiger partial charge in [-0.05, 0) is 36.1 Å². The second kappa shape index (κ2) is 6.75. The number of aromatic hydroxyl groups is 1. The molecular formula is C24H23N3O5. The predicted molar refractivity (Wildman–Crippen MR) is 115 cm³/mol. The van der Waals surface area contributed by atoms with E-state index in [0.29, 0.717) is 17.7 Å². The molecule has 32 heavy (non-hydrogen) atoms. The lowest BCUT2D eigenvalue weighted by molar-refractivity contribution is -0.154. The van der Waals surface area contributed by atoms with E-state index < -0.39 is 29.1 Å². The maximum absolute atomic E-state index is 13.9.